The molecule has 7 nitrogen and oxygen atoms in total. The zero-order chi connectivity index (χ0) is 14.5. The van der Waals surface area contributed by atoms with Crippen LogP contribution in [0, 0.1) is 5.92 Å². The van der Waals surface area contributed by atoms with Crippen LogP contribution < -0.4 is 5.32 Å². The van der Waals surface area contributed by atoms with E-state index in [4.69, 9.17) is 5.11 Å². The number of likely N-dealkylation sites (tertiary alicyclic amines) is 1. The summed E-state index contributed by atoms with van der Waals surface area (Å²) in [5.74, 6) is -1.47. The molecule has 8 heteroatoms. The molecule has 1 fully saturated rings. The highest BCUT2D eigenvalue weighted by Gasteiger charge is 2.27. The van der Waals surface area contributed by atoms with Gasteiger partial charge in [-0.05, 0) is 12.8 Å². The molecule has 1 rings (SSSR count). The van der Waals surface area contributed by atoms with Crippen LogP contribution in [-0.4, -0.2) is 61.6 Å². The second kappa shape index (κ2) is 6.74. The molecule has 110 valence electrons. The Balaban J connectivity index is 2.39. The Hall–Kier alpha value is -1.31. The van der Waals surface area contributed by atoms with Gasteiger partial charge in [-0.3, -0.25) is 4.79 Å². The fourth-order valence-electron chi connectivity index (χ4n) is 1.93. The van der Waals surface area contributed by atoms with Crippen LogP contribution in [0.2, 0.25) is 0 Å². The molecule has 1 aliphatic rings. The molecule has 0 aromatic rings. The van der Waals surface area contributed by atoms with Gasteiger partial charge in [0, 0.05) is 25.4 Å². The van der Waals surface area contributed by atoms with E-state index in [2.05, 4.69) is 5.32 Å². The fraction of sp³-hybridized carbons (Fsp3) is 0.818. The molecule has 2 amide bonds. The molecule has 19 heavy (non-hydrogen) atoms. The first kappa shape index (κ1) is 15.7. The van der Waals surface area contributed by atoms with E-state index >= 15 is 0 Å². The molecule has 0 spiro atoms. The Kier molecular flexibility index (Phi) is 5.59. The molecule has 1 atom stereocenters. The van der Waals surface area contributed by atoms with Gasteiger partial charge in [-0.15, -0.1) is 0 Å². The first-order valence-electron chi connectivity index (χ1n) is 6.31. The van der Waals surface area contributed by atoms with Crippen LogP contribution in [0.5, 0.6) is 0 Å². The van der Waals surface area contributed by atoms with Crippen LogP contribution in [0.4, 0.5) is 4.79 Å². The Bertz CT molecular complexity index is 434. The normalized spacial score (nSPS) is 20.1. The average molecular weight is 292 g/mol. The minimum absolute atomic E-state index is 0.0493. The lowest BCUT2D eigenvalue weighted by Gasteiger charge is -2.30. The third-order valence-electron chi connectivity index (χ3n) is 3.19. The van der Waals surface area contributed by atoms with E-state index in [0.29, 0.717) is 19.4 Å². The predicted molar refractivity (Wildman–Crippen MR) is 69.7 cm³/mol. The topological polar surface area (TPSA) is 104 Å². The smallest absolute Gasteiger partial charge is 0.317 e. The van der Waals surface area contributed by atoms with E-state index in [1.54, 1.807) is 6.92 Å². The Labute approximate surface area is 112 Å². The highest BCUT2D eigenvalue weighted by Crippen LogP contribution is 2.16. The summed E-state index contributed by atoms with van der Waals surface area (Å²) in [4.78, 5) is 24.1. The van der Waals surface area contributed by atoms with Gasteiger partial charge >= 0.3 is 12.0 Å². The molecular weight excluding hydrogens is 272 g/mol. The summed E-state index contributed by atoms with van der Waals surface area (Å²) in [5.41, 5.74) is 0. The number of hydrogen-bond donors (Lipinski definition) is 2. The number of carbonyl (C=O) groups is 2. The first-order valence-corrected chi connectivity index (χ1v) is 8.14. The number of nitrogens with one attached hydrogen (secondary N) is 1. The molecule has 1 saturated heterocycles. The molecule has 0 aliphatic carbocycles. The number of carboxylic acids is 1. The zero-order valence-electron chi connectivity index (χ0n) is 11.0. The van der Waals surface area contributed by atoms with Crippen LogP contribution in [0.25, 0.3) is 0 Å². The minimum atomic E-state index is -3.10. The molecule has 0 bridgehead atoms. The lowest BCUT2D eigenvalue weighted by atomic mass is 9.99. The number of rotatable bonds is 5. The number of amides is 2. The third kappa shape index (κ3) is 5.06. The van der Waals surface area contributed by atoms with Gasteiger partial charge in [0.1, 0.15) is 0 Å². The predicted octanol–water partition coefficient (Wildman–Crippen LogP) is -0.0727. The molecule has 0 radical (unpaired) electrons. The summed E-state index contributed by atoms with van der Waals surface area (Å²) < 4.78 is 22.5. The number of piperidine rings is 1. The van der Waals surface area contributed by atoms with Crippen LogP contribution in [0.3, 0.4) is 0 Å². The molecule has 1 aliphatic heterocycles. The van der Waals surface area contributed by atoms with Crippen molar-refractivity contribution in [3.63, 3.8) is 0 Å². The number of urea groups is 1. The van der Waals surface area contributed by atoms with Gasteiger partial charge in [-0.1, -0.05) is 6.92 Å². The van der Waals surface area contributed by atoms with Crippen molar-refractivity contribution in [2.24, 2.45) is 5.92 Å². The highest BCUT2D eigenvalue weighted by atomic mass is 32.2. The molecule has 1 heterocycles. The quantitative estimate of drug-likeness (QED) is 0.738. The number of carboxylic acid groups (broad SMARTS) is 1. The van der Waals surface area contributed by atoms with E-state index in [1.807, 2.05) is 0 Å². The van der Waals surface area contributed by atoms with Gasteiger partial charge in [0.2, 0.25) is 0 Å². The third-order valence-corrected chi connectivity index (χ3v) is 4.89. The first-order chi connectivity index (χ1) is 8.85. The van der Waals surface area contributed by atoms with Crippen LogP contribution in [0.1, 0.15) is 19.8 Å². The number of aliphatic carboxylic acids is 1. The summed E-state index contributed by atoms with van der Waals surface area (Å²) in [7, 11) is -3.10. The maximum Gasteiger partial charge on any atom is 0.317 e. The number of nitrogens with zero attached hydrogens (tertiary/aromatic N) is 1. The van der Waals surface area contributed by atoms with Crippen LogP contribution in [0.15, 0.2) is 0 Å². The highest BCUT2D eigenvalue weighted by molar-refractivity contribution is 7.91. The Morgan fingerprint density at radius 3 is 2.68 bits per heavy atom. The van der Waals surface area contributed by atoms with Crippen LogP contribution >= 0.6 is 0 Å². The van der Waals surface area contributed by atoms with Crippen molar-refractivity contribution in [3.05, 3.63) is 0 Å². The van der Waals surface area contributed by atoms with Crippen molar-refractivity contribution in [1.29, 1.82) is 0 Å². The SMILES string of the molecule is CCS(=O)(=O)CCNC(=O)N1CCC[C@H](C(=O)O)C1. The van der Waals surface area contributed by atoms with Gasteiger partial charge in [-0.25, -0.2) is 13.2 Å². The van der Waals surface area contributed by atoms with Crippen molar-refractivity contribution in [3.8, 4) is 0 Å². The summed E-state index contributed by atoms with van der Waals surface area (Å²) in [5, 5.41) is 11.4. The lowest BCUT2D eigenvalue weighted by Crippen LogP contribution is -2.47. The molecule has 0 aromatic heterocycles. The molecule has 0 aromatic carbocycles. The van der Waals surface area contributed by atoms with E-state index in [0.717, 1.165) is 0 Å². The Morgan fingerprint density at radius 1 is 1.42 bits per heavy atom. The van der Waals surface area contributed by atoms with E-state index < -0.39 is 27.8 Å². The van der Waals surface area contributed by atoms with Crippen molar-refractivity contribution in [2.45, 2.75) is 19.8 Å². The lowest BCUT2D eigenvalue weighted by molar-refractivity contribution is -0.143. The molecule has 2 N–H and O–H groups in total. The summed E-state index contributed by atoms with van der Waals surface area (Å²) in [6, 6.07) is -0.391. The summed E-state index contributed by atoms with van der Waals surface area (Å²) >= 11 is 0. The van der Waals surface area contributed by atoms with E-state index in [9.17, 15) is 18.0 Å². The van der Waals surface area contributed by atoms with E-state index in [-0.39, 0.29) is 24.6 Å². The largest absolute Gasteiger partial charge is 0.481 e. The van der Waals surface area contributed by atoms with Crippen molar-refractivity contribution in [2.75, 3.05) is 31.1 Å². The Morgan fingerprint density at radius 2 is 2.11 bits per heavy atom. The average Bonchev–Trinajstić information content (AvgIpc) is 2.38. The monoisotopic (exact) mass is 292 g/mol. The van der Waals surface area contributed by atoms with Gasteiger partial charge in [0.15, 0.2) is 9.84 Å². The van der Waals surface area contributed by atoms with Gasteiger partial charge in [-0.2, -0.15) is 0 Å². The number of carbonyl (C=O) groups excluding carboxylic acids is 1. The van der Waals surface area contributed by atoms with Gasteiger partial charge < -0.3 is 15.3 Å². The van der Waals surface area contributed by atoms with Gasteiger partial charge in [0.05, 0.1) is 11.7 Å². The second-order valence-electron chi connectivity index (χ2n) is 4.59. The standard InChI is InChI=1S/C11H20N2O5S/c1-2-19(17,18)7-5-12-11(16)13-6-3-4-9(8-13)10(14)15/h9H,2-8H2,1H3,(H,12,16)(H,14,15)/t9-/m0/s1. The summed E-state index contributed by atoms with van der Waals surface area (Å²) in [6.07, 6.45) is 1.22. The maximum atomic E-state index is 11.8. The minimum Gasteiger partial charge on any atom is -0.481 e. The second-order valence-corrected chi connectivity index (χ2v) is 7.06. The van der Waals surface area contributed by atoms with Gasteiger partial charge in [0.25, 0.3) is 0 Å². The molecule has 0 saturated carbocycles. The molecule has 0 unspecified atom stereocenters. The number of sulfone groups is 1. The zero-order valence-corrected chi connectivity index (χ0v) is 11.8. The van der Waals surface area contributed by atoms with Crippen molar-refractivity contribution < 1.29 is 23.1 Å². The molecular formula is C11H20N2O5S. The van der Waals surface area contributed by atoms with E-state index in [1.165, 1.54) is 4.90 Å². The maximum absolute atomic E-state index is 11.8. The van der Waals surface area contributed by atoms with Crippen LogP contribution in [-0.2, 0) is 14.6 Å². The summed E-state index contributed by atoms with van der Waals surface area (Å²) in [6.45, 7) is 2.31. The fourth-order valence-corrected chi connectivity index (χ4v) is 2.63. The number of hydrogen-bond acceptors (Lipinski definition) is 4. The van der Waals surface area contributed by atoms with Crippen molar-refractivity contribution >= 4 is 21.8 Å². The van der Waals surface area contributed by atoms with Crippen molar-refractivity contribution in [1.82, 2.24) is 10.2 Å².